The van der Waals surface area contributed by atoms with Crippen molar-refractivity contribution in [1.82, 2.24) is 0 Å². The molecule has 0 amide bonds. The maximum absolute atomic E-state index is 10.9. The molecular weight excluding hydrogens is 300 g/mol. The molecule has 1 aliphatic rings. The largest absolute Gasteiger partial charge is 0.468 e. The lowest BCUT2D eigenvalue weighted by Gasteiger charge is -2.23. The maximum Gasteiger partial charge on any atom is 0.303 e. The van der Waals surface area contributed by atoms with E-state index in [1.165, 1.54) is 6.92 Å². The van der Waals surface area contributed by atoms with Crippen LogP contribution in [0, 0.1) is 0 Å². The third-order valence-corrected chi connectivity index (χ3v) is 2.86. The molecule has 3 atom stereocenters. The number of rotatable bonds is 4. The van der Waals surface area contributed by atoms with Crippen molar-refractivity contribution in [2.24, 2.45) is 4.99 Å². The Kier molecular flexibility index (Phi) is 5.32. The Hall–Kier alpha value is -0.450. The highest BCUT2D eigenvalue weighted by molar-refractivity contribution is 6.76. The number of hydrogen-bond donors (Lipinski definition) is 0. The minimum Gasteiger partial charge on any atom is -0.468 e. The van der Waals surface area contributed by atoms with E-state index in [1.807, 2.05) is 0 Å². The average molecular weight is 315 g/mol. The average Bonchev–Trinajstić information content (AvgIpc) is 2.60. The van der Waals surface area contributed by atoms with Gasteiger partial charge in [-0.2, -0.15) is 0 Å². The maximum atomic E-state index is 10.9. The van der Waals surface area contributed by atoms with E-state index in [1.54, 1.807) is 13.0 Å². The predicted octanol–water partition coefficient (Wildman–Crippen LogP) is 3.05. The van der Waals surface area contributed by atoms with Gasteiger partial charge in [-0.05, 0) is 13.3 Å². The van der Waals surface area contributed by atoms with Crippen molar-refractivity contribution in [3.8, 4) is 0 Å². The van der Waals surface area contributed by atoms with Gasteiger partial charge in [0.1, 0.15) is 6.10 Å². The molecular formula is C11H14Cl3NO3. The normalized spacial score (nSPS) is 25.1. The van der Waals surface area contributed by atoms with Crippen LogP contribution in [0.25, 0.3) is 0 Å². The first kappa shape index (κ1) is 15.6. The Bertz CT molecular complexity index is 365. The Morgan fingerprint density at radius 2 is 2.28 bits per heavy atom. The van der Waals surface area contributed by atoms with Crippen LogP contribution in [0.15, 0.2) is 17.6 Å². The van der Waals surface area contributed by atoms with Gasteiger partial charge in [0.25, 0.3) is 3.79 Å². The summed E-state index contributed by atoms with van der Waals surface area (Å²) in [5.41, 5.74) is 0. The summed E-state index contributed by atoms with van der Waals surface area (Å²) in [6, 6.07) is -0.275. The van der Waals surface area contributed by atoms with E-state index in [2.05, 4.69) is 11.6 Å². The second kappa shape index (κ2) is 6.13. The van der Waals surface area contributed by atoms with Gasteiger partial charge >= 0.3 is 5.97 Å². The Balaban J connectivity index is 2.81. The zero-order valence-corrected chi connectivity index (χ0v) is 12.3. The first-order valence-corrected chi connectivity index (χ1v) is 6.49. The van der Waals surface area contributed by atoms with Crippen molar-refractivity contribution in [3.63, 3.8) is 0 Å². The summed E-state index contributed by atoms with van der Waals surface area (Å²) in [4.78, 5) is 15.1. The van der Waals surface area contributed by atoms with Crippen LogP contribution in [0.4, 0.5) is 0 Å². The molecule has 102 valence electrons. The zero-order valence-electron chi connectivity index (χ0n) is 10.0. The molecule has 0 N–H and O–H groups in total. The molecule has 0 saturated carbocycles. The van der Waals surface area contributed by atoms with E-state index in [0.29, 0.717) is 6.42 Å². The second-order valence-electron chi connectivity index (χ2n) is 3.92. The van der Waals surface area contributed by atoms with Gasteiger partial charge in [0.05, 0.1) is 6.04 Å². The van der Waals surface area contributed by atoms with E-state index >= 15 is 0 Å². The van der Waals surface area contributed by atoms with Crippen molar-refractivity contribution < 1.29 is 14.3 Å². The fourth-order valence-electron chi connectivity index (χ4n) is 1.70. The molecule has 0 aromatic heterocycles. The molecule has 7 heteroatoms. The monoisotopic (exact) mass is 313 g/mol. The van der Waals surface area contributed by atoms with Gasteiger partial charge in [-0.1, -0.05) is 40.9 Å². The number of carbonyl (C=O) groups is 1. The predicted molar refractivity (Wildman–Crippen MR) is 72.4 cm³/mol. The quantitative estimate of drug-likeness (QED) is 0.455. The van der Waals surface area contributed by atoms with Gasteiger partial charge in [0.15, 0.2) is 6.10 Å². The van der Waals surface area contributed by atoms with E-state index in [0.717, 1.165) is 0 Å². The van der Waals surface area contributed by atoms with Crippen LogP contribution < -0.4 is 0 Å². The number of nitrogens with zero attached hydrogens (tertiary/aromatic N) is 1. The molecule has 18 heavy (non-hydrogen) atoms. The van der Waals surface area contributed by atoms with Crippen LogP contribution in [0.5, 0.6) is 0 Å². The molecule has 0 unspecified atom stereocenters. The number of halogens is 3. The second-order valence-corrected chi connectivity index (χ2v) is 6.20. The van der Waals surface area contributed by atoms with E-state index in [4.69, 9.17) is 44.3 Å². The Labute approximate surface area is 121 Å². The summed E-state index contributed by atoms with van der Waals surface area (Å²) < 4.78 is 8.84. The molecule has 0 fully saturated rings. The fourth-order valence-corrected chi connectivity index (χ4v) is 1.98. The first-order chi connectivity index (χ1) is 8.25. The summed E-state index contributed by atoms with van der Waals surface area (Å²) in [5.74, 6) is -0.380. The van der Waals surface area contributed by atoms with Gasteiger partial charge in [-0.3, -0.25) is 4.79 Å². The molecule has 0 aromatic rings. The SMILES string of the molecule is C=CC[C@@H]1N=C(C(Cl)(Cl)Cl)O[C@@H]1[C@@H](C)OC(C)=O. The molecule has 0 aromatic carbocycles. The summed E-state index contributed by atoms with van der Waals surface area (Å²) in [5, 5.41) is 0. The van der Waals surface area contributed by atoms with Crippen LogP contribution in [-0.2, 0) is 14.3 Å². The van der Waals surface area contributed by atoms with Gasteiger partial charge in [-0.15, -0.1) is 6.58 Å². The zero-order chi connectivity index (χ0) is 13.9. The number of carbonyl (C=O) groups excluding carboxylic acids is 1. The van der Waals surface area contributed by atoms with Gasteiger partial charge in [0.2, 0.25) is 5.90 Å². The molecule has 4 nitrogen and oxygen atoms in total. The van der Waals surface area contributed by atoms with Gasteiger partial charge < -0.3 is 9.47 Å². The standard InChI is InChI=1S/C11H14Cl3NO3/c1-4-5-8-9(6(2)17-7(3)16)18-10(15-8)11(12,13)14/h4,6,8-9H,1,5H2,2-3H3/t6-,8+,9-/m1/s1. The van der Waals surface area contributed by atoms with Crippen molar-refractivity contribution >= 4 is 46.7 Å². The Morgan fingerprint density at radius 3 is 2.72 bits per heavy atom. The summed E-state index contributed by atoms with van der Waals surface area (Å²) in [6.07, 6.45) is 1.27. The van der Waals surface area contributed by atoms with Crippen LogP contribution in [0.3, 0.4) is 0 Å². The Morgan fingerprint density at radius 1 is 1.67 bits per heavy atom. The molecule has 0 radical (unpaired) electrons. The number of aliphatic imine (C=N–C) groups is 1. The molecule has 1 aliphatic heterocycles. The van der Waals surface area contributed by atoms with Crippen molar-refractivity contribution in [3.05, 3.63) is 12.7 Å². The van der Waals surface area contributed by atoms with Crippen molar-refractivity contribution in [2.45, 2.75) is 42.3 Å². The number of ether oxygens (including phenoxy) is 2. The first-order valence-electron chi connectivity index (χ1n) is 5.35. The smallest absolute Gasteiger partial charge is 0.303 e. The van der Waals surface area contributed by atoms with Gasteiger partial charge in [-0.25, -0.2) is 4.99 Å². The number of hydrogen-bond acceptors (Lipinski definition) is 4. The highest BCUT2D eigenvalue weighted by atomic mass is 35.6. The molecule has 0 spiro atoms. The molecule has 1 heterocycles. The minimum atomic E-state index is -1.72. The molecule has 0 bridgehead atoms. The number of alkyl halides is 3. The third-order valence-electron chi connectivity index (χ3n) is 2.38. The number of esters is 1. The lowest BCUT2D eigenvalue weighted by Crippen LogP contribution is -2.37. The molecule has 0 aliphatic carbocycles. The van der Waals surface area contributed by atoms with Crippen LogP contribution in [-0.4, -0.2) is 33.9 Å². The van der Waals surface area contributed by atoms with Crippen molar-refractivity contribution in [1.29, 1.82) is 0 Å². The highest BCUT2D eigenvalue weighted by Gasteiger charge is 2.43. The van der Waals surface area contributed by atoms with Gasteiger partial charge in [0, 0.05) is 6.92 Å². The van der Waals surface area contributed by atoms with Crippen molar-refractivity contribution in [2.75, 3.05) is 0 Å². The third kappa shape index (κ3) is 4.04. The van der Waals surface area contributed by atoms with Crippen LogP contribution in [0.1, 0.15) is 20.3 Å². The molecule has 0 saturated heterocycles. The fraction of sp³-hybridized carbons (Fsp3) is 0.636. The van der Waals surface area contributed by atoms with E-state index in [-0.39, 0.29) is 11.9 Å². The summed E-state index contributed by atoms with van der Waals surface area (Å²) in [7, 11) is 0. The lowest BCUT2D eigenvalue weighted by atomic mass is 10.0. The van der Waals surface area contributed by atoms with E-state index in [9.17, 15) is 4.79 Å². The summed E-state index contributed by atoms with van der Waals surface area (Å²) >= 11 is 17.2. The molecule has 1 rings (SSSR count). The topological polar surface area (TPSA) is 47.9 Å². The lowest BCUT2D eigenvalue weighted by molar-refractivity contribution is -0.150. The summed E-state index contributed by atoms with van der Waals surface area (Å²) in [6.45, 7) is 6.67. The van der Waals surface area contributed by atoms with E-state index < -0.39 is 22.0 Å². The van der Waals surface area contributed by atoms with Crippen LogP contribution in [0.2, 0.25) is 0 Å². The minimum absolute atomic E-state index is 0.0170. The highest BCUT2D eigenvalue weighted by Crippen LogP contribution is 2.35. The van der Waals surface area contributed by atoms with Crippen LogP contribution >= 0.6 is 34.8 Å².